The number of nitrogens with zero attached hydrogens (tertiary/aromatic N) is 2. The summed E-state index contributed by atoms with van der Waals surface area (Å²) in [5.41, 5.74) is 1.63. The van der Waals surface area contributed by atoms with Crippen LogP contribution in [0.5, 0.6) is 0 Å². The van der Waals surface area contributed by atoms with Crippen molar-refractivity contribution in [1.82, 2.24) is 10.0 Å². The highest BCUT2D eigenvalue weighted by atomic mass is 35.5. The molecule has 4 heteroatoms. The molecular formula is C9H11ClN2O. The fourth-order valence-electron chi connectivity index (χ4n) is 0.839. The number of hydroxylamine groups is 2. The lowest BCUT2D eigenvalue weighted by atomic mass is 10.2. The molecule has 0 saturated heterocycles. The van der Waals surface area contributed by atoms with Crippen LogP contribution in [0.2, 0.25) is 5.15 Å². The summed E-state index contributed by atoms with van der Waals surface area (Å²) in [7, 11) is 3.35. The molecule has 0 aliphatic rings. The Morgan fingerprint density at radius 3 is 2.77 bits per heavy atom. The number of halogens is 1. The molecule has 0 amide bonds. The third kappa shape index (κ3) is 2.44. The largest absolute Gasteiger partial charge is 0.277 e. The van der Waals surface area contributed by atoms with Crippen molar-refractivity contribution < 1.29 is 4.84 Å². The predicted octanol–water partition coefficient (Wildman–Crippen LogP) is 2.20. The quantitative estimate of drug-likeness (QED) is 0.550. The molecule has 70 valence electrons. The van der Waals surface area contributed by atoms with Gasteiger partial charge in [-0.3, -0.25) is 9.90 Å². The van der Waals surface area contributed by atoms with Gasteiger partial charge in [-0.05, 0) is 12.1 Å². The number of hydrogen-bond donors (Lipinski definition) is 0. The van der Waals surface area contributed by atoms with E-state index in [2.05, 4.69) is 11.6 Å². The summed E-state index contributed by atoms with van der Waals surface area (Å²) in [6.07, 6.45) is 1.65. The Hall–Kier alpha value is -1.06. The van der Waals surface area contributed by atoms with Crippen LogP contribution in [-0.4, -0.2) is 24.2 Å². The molecule has 0 aliphatic heterocycles. The van der Waals surface area contributed by atoms with Crippen molar-refractivity contribution in [3.05, 3.63) is 35.6 Å². The van der Waals surface area contributed by atoms with E-state index >= 15 is 0 Å². The molecule has 0 spiro atoms. The van der Waals surface area contributed by atoms with Gasteiger partial charge in [-0.25, -0.2) is 4.98 Å². The highest BCUT2D eigenvalue weighted by Crippen LogP contribution is 2.15. The van der Waals surface area contributed by atoms with Crippen LogP contribution in [0.15, 0.2) is 24.9 Å². The van der Waals surface area contributed by atoms with E-state index in [4.69, 9.17) is 16.4 Å². The van der Waals surface area contributed by atoms with Gasteiger partial charge in [0.15, 0.2) is 0 Å². The van der Waals surface area contributed by atoms with Gasteiger partial charge in [0.25, 0.3) is 0 Å². The molecule has 0 radical (unpaired) electrons. The fraction of sp³-hybridized carbons (Fsp3) is 0.222. The second kappa shape index (κ2) is 4.25. The van der Waals surface area contributed by atoms with E-state index in [1.807, 2.05) is 6.07 Å². The average molecular weight is 199 g/mol. The Kier molecular flexibility index (Phi) is 3.28. The van der Waals surface area contributed by atoms with Gasteiger partial charge in [0.05, 0.1) is 12.8 Å². The van der Waals surface area contributed by atoms with Gasteiger partial charge in [-0.2, -0.15) is 0 Å². The van der Waals surface area contributed by atoms with E-state index in [9.17, 15) is 0 Å². The SMILES string of the molecule is C=C(c1ccc(Cl)nc1)N(C)OC. The molecule has 0 N–H and O–H groups in total. The van der Waals surface area contributed by atoms with Crippen LogP contribution in [0.25, 0.3) is 5.70 Å². The first-order valence-electron chi connectivity index (χ1n) is 3.74. The Morgan fingerprint density at radius 1 is 1.62 bits per heavy atom. The molecule has 0 saturated carbocycles. The lowest BCUT2D eigenvalue weighted by Crippen LogP contribution is -2.13. The zero-order valence-corrected chi connectivity index (χ0v) is 8.38. The van der Waals surface area contributed by atoms with Gasteiger partial charge in [-0.15, -0.1) is 0 Å². The van der Waals surface area contributed by atoms with E-state index in [0.717, 1.165) is 11.3 Å². The molecule has 0 unspecified atom stereocenters. The first kappa shape index (κ1) is 10.0. The first-order valence-corrected chi connectivity index (χ1v) is 4.11. The normalized spacial score (nSPS) is 9.77. The molecule has 13 heavy (non-hydrogen) atoms. The molecule has 1 aromatic rings. The number of rotatable bonds is 3. The maximum Gasteiger partial charge on any atom is 0.129 e. The summed E-state index contributed by atoms with van der Waals surface area (Å²) in [6.45, 7) is 3.84. The second-order valence-electron chi connectivity index (χ2n) is 2.50. The van der Waals surface area contributed by atoms with Crippen LogP contribution in [0.4, 0.5) is 0 Å². The standard InChI is InChI=1S/C9H11ClN2O/c1-7(12(2)13-3)8-4-5-9(10)11-6-8/h4-6H,1H2,2-3H3. The minimum Gasteiger partial charge on any atom is -0.277 e. The van der Waals surface area contributed by atoms with Gasteiger partial charge in [0.1, 0.15) is 5.15 Å². The summed E-state index contributed by atoms with van der Waals surface area (Å²) < 4.78 is 0. The second-order valence-corrected chi connectivity index (χ2v) is 2.88. The van der Waals surface area contributed by atoms with Crippen molar-refractivity contribution in [3.8, 4) is 0 Å². The van der Waals surface area contributed by atoms with Crippen LogP contribution in [0, 0.1) is 0 Å². The topological polar surface area (TPSA) is 25.4 Å². The van der Waals surface area contributed by atoms with Gasteiger partial charge in [0.2, 0.25) is 0 Å². The monoisotopic (exact) mass is 198 g/mol. The van der Waals surface area contributed by atoms with E-state index in [-0.39, 0.29) is 0 Å². The van der Waals surface area contributed by atoms with E-state index in [1.165, 1.54) is 0 Å². The smallest absolute Gasteiger partial charge is 0.129 e. The van der Waals surface area contributed by atoms with Crippen LogP contribution in [-0.2, 0) is 4.84 Å². The maximum atomic E-state index is 5.64. The van der Waals surface area contributed by atoms with E-state index < -0.39 is 0 Å². The van der Waals surface area contributed by atoms with Gasteiger partial charge in [-0.1, -0.05) is 18.2 Å². The third-order valence-electron chi connectivity index (χ3n) is 1.71. The van der Waals surface area contributed by atoms with Crippen LogP contribution in [0.3, 0.4) is 0 Å². The van der Waals surface area contributed by atoms with Crippen molar-refractivity contribution in [2.75, 3.05) is 14.2 Å². The molecule has 1 heterocycles. The van der Waals surface area contributed by atoms with Crippen molar-refractivity contribution in [3.63, 3.8) is 0 Å². The van der Waals surface area contributed by atoms with Crippen molar-refractivity contribution >= 4 is 17.3 Å². The lowest BCUT2D eigenvalue weighted by molar-refractivity contribution is -0.0524. The Morgan fingerprint density at radius 2 is 2.31 bits per heavy atom. The number of hydrogen-bond acceptors (Lipinski definition) is 3. The van der Waals surface area contributed by atoms with Crippen LogP contribution in [0.1, 0.15) is 5.56 Å². The summed E-state index contributed by atoms with van der Waals surface area (Å²) in [6, 6.07) is 3.55. The average Bonchev–Trinajstić information content (AvgIpc) is 2.17. The van der Waals surface area contributed by atoms with Gasteiger partial charge >= 0.3 is 0 Å². The van der Waals surface area contributed by atoms with Crippen molar-refractivity contribution in [1.29, 1.82) is 0 Å². The van der Waals surface area contributed by atoms with E-state index in [1.54, 1.807) is 31.5 Å². The van der Waals surface area contributed by atoms with Crippen molar-refractivity contribution in [2.24, 2.45) is 0 Å². The van der Waals surface area contributed by atoms with Crippen molar-refractivity contribution in [2.45, 2.75) is 0 Å². The molecule has 0 aromatic carbocycles. The molecule has 0 aliphatic carbocycles. The molecular weight excluding hydrogens is 188 g/mol. The first-order chi connectivity index (χ1) is 6.15. The van der Waals surface area contributed by atoms with E-state index in [0.29, 0.717) is 5.15 Å². The Bertz CT molecular complexity index is 297. The Balaban J connectivity index is 2.83. The zero-order valence-electron chi connectivity index (χ0n) is 7.62. The molecule has 3 nitrogen and oxygen atoms in total. The van der Waals surface area contributed by atoms with Gasteiger partial charge < -0.3 is 0 Å². The molecule has 0 fully saturated rings. The molecule has 1 rings (SSSR count). The summed E-state index contributed by atoms with van der Waals surface area (Å²) >= 11 is 5.64. The number of pyridine rings is 1. The zero-order chi connectivity index (χ0) is 9.84. The predicted molar refractivity (Wildman–Crippen MR) is 53.1 cm³/mol. The fourth-order valence-corrected chi connectivity index (χ4v) is 0.950. The van der Waals surface area contributed by atoms with Crippen LogP contribution >= 0.6 is 11.6 Å². The van der Waals surface area contributed by atoms with Crippen LogP contribution < -0.4 is 0 Å². The lowest BCUT2D eigenvalue weighted by Gasteiger charge is -2.18. The molecule has 0 bridgehead atoms. The highest BCUT2D eigenvalue weighted by molar-refractivity contribution is 6.29. The summed E-state index contributed by atoms with van der Waals surface area (Å²) in [4.78, 5) is 8.91. The minimum absolute atomic E-state index is 0.469. The van der Waals surface area contributed by atoms with Gasteiger partial charge in [0, 0.05) is 18.8 Å². The third-order valence-corrected chi connectivity index (χ3v) is 1.94. The molecule has 1 aromatic heterocycles. The molecule has 0 atom stereocenters. The highest BCUT2D eigenvalue weighted by Gasteiger charge is 2.03. The summed E-state index contributed by atoms with van der Waals surface area (Å²) in [5.74, 6) is 0. The number of aromatic nitrogens is 1. The maximum absolute atomic E-state index is 5.64. The Labute approximate surface area is 82.6 Å². The minimum atomic E-state index is 0.469. The summed E-state index contributed by atoms with van der Waals surface area (Å²) in [5, 5.41) is 2.03.